The van der Waals surface area contributed by atoms with Gasteiger partial charge >= 0.3 is 0 Å². The van der Waals surface area contributed by atoms with E-state index in [1.165, 1.54) is 0 Å². The fraction of sp³-hybridized carbons (Fsp3) is 0.188. The maximum absolute atomic E-state index is 6.94. The van der Waals surface area contributed by atoms with E-state index in [0.29, 0.717) is 26.4 Å². The minimum absolute atomic E-state index is 0.259. The van der Waals surface area contributed by atoms with Crippen molar-refractivity contribution in [1.29, 1.82) is 0 Å². The molecule has 1 atom stereocenters. The molecule has 0 saturated heterocycles. The Bertz CT molecular complexity index is 1030. The SMILES string of the molecule is C=CCOCC(COC(c1ccccc1)(c1ccccc1)c1ccccc1)OCc1ccccc1. The normalized spacial score (nSPS) is 12.2. The first-order valence-corrected chi connectivity index (χ1v) is 12.0. The van der Waals surface area contributed by atoms with Crippen LogP contribution in [0.4, 0.5) is 0 Å². The summed E-state index contributed by atoms with van der Waals surface area (Å²) < 4.78 is 19.0. The smallest absolute Gasteiger partial charge is 0.143 e. The summed E-state index contributed by atoms with van der Waals surface area (Å²) in [6.07, 6.45) is 1.49. The van der Waals surface area contributed by atoms with Crippen LogP contribution in [0, 0.1) is 0 Å². The molecule has 0 fully saturated rings. The monoisotopic (exact) mass is 464 g/mol. The standard InChI is InChI=1S/C32H32O3/c1-2-23-33-25-31(34-24-27-15-7-3-8-16-27)26-35-32(28-17-9-4-10-18-28,29-19-11-5-12-20-29)30-21-13-6-14-22-30/h2-22,31H,1,23-26H2. The first-order valence-electron chi connectivity index (χ1n) is 12.0. The van der Waals surface area contributed by atoms with Crippen LogP contribution in [0.3, 0.4) is 0 Å². The van der Waals surface area contributed by atoms with Crippen LogP contribution >= 0.6 is 0 Å². The van der Waals surface area contributed by atoms with Crippen LogP contribution in [0.25, 0.3) is 0 Å². The second-order valence-corrected chi connectivity index (χ2v) is 8.34. The first kappa shape index (κ1) is 24.6. The van der Waals surface area contributed by atoms with Crippen molar-refractivity contribution in [3.63, 3.8) is 0 Å². The molecule has 0 spiro atoms. The van der Waals surface area contributed by atoms with E-state index in [1.807, 2.05) is 36.4 Å². The highest BCUT2D eigenvalue weighted by Gasteiger charge is 2.38. The molecule has 35 heavy (non-hydrogen) atoms. The summed E-state index contributed by atoms with van der Waals surface area (Å²) in [6.45, 7) is 5.47. The maximum Gasteiger partial charge on any atom is 0.143 e. The van der Waals surface area contributed by atoms with Crippen LogP contribution in [0.2, 0.25) is 0 Å². The Balaban J connectivity index is 1.67. The summed E-state index contributed by atoms with van der Waals surface area (Å²) in [5.41, 5.74) is 3.50. The average molecular weight is 465 g/mol. The van der Waals surface area contributed by atoms with Gasteiger partial charge in [-0.05, 0) is 22.3 Å². The van der Waals surface area contributed by atoms with E-state index in [1.54, 1.807) is 6.08 Å². The predicted octanol–water partition coefficient (Wildman–Crippen LogP) is 6.78. The molecule has 0 heterocycles. The molecule has 4 rings (SSSR count). The Hall–Kier alpha value is -3.50. The number of ether oxygens (including phenoxy) is 3. The molecule has 0 bridgehead atoms. The molecule has 0 aromatic heterocycles. The van der Waals surface area contributed by atoms with Crippen molar-refractivity contribution in [3.8, 4) is 0 Å². The van der Waals surface area contributed by atoms with Gasteiger partial charge in [0.05, 0.1) is 26.4 Å². The van der Waals surface area contributed by atoms with Gasteiger partial charge in [-0.2, -0.15) is 0 Å². The molecule has 3 heteroatoms. The van der Waals surface area contributed by atoms with E-state index in [2.05, 4.69) is 91.5 Å². The van der Waals surface area contributed by atoms with Crippen molar-refractivity contribution in [2.45, 2.75) is 18.3 Å². The number of rotatable bonds is 13. The van der Waals surface area contributed by atoms with E-state index in [0.717, 1.165) is 22.3 Å². The summed E-state index contributed by atoms with van der Waals surface area (Å²) in [4.78, 5) is 0. The summed E-state index contributed by atoms with van der Waals surface area (Å²) in [7, 11) is 0. The highest BCUT2D eigenvalue weighted by atomic mass is 16.6. The van der Waals surface area contributed by atoms with Crippen molar-refractivity contribution in [1.82, 2.24) is 0 Å². The van der Waals surface area contributed by atoms with E-state index < -0.39 is 5.60 Å². The summed E-state index contributed by atoms with van der Waals surface area (Å²) >= 11 is 0. The van der Waals surface area contributed by atoms with Crippen LogP contribution in [0.5, 0.6) is 0 Å². The molecule has 4 aromatic rings. The fourth-order valence-electron chi connectivity index (χ4n) is 4.20. The third-order valence-electron chi connectivity index (χ3n) is 5.89. The number of hydrogen-bond donors (Lipinski definition) is 0. The van der Waals surface area contributed by atoms with Crippen molar-refractivity contribution in [3.05, 3.63) is 156 Å². The van der Waals surface area contributed by atoms with Gasteiger partial charge in [-0.3, -0.25) is 0 Å². The zero-order valence-electron chi connectivity index (χ0n) is 20.0. The van der Waals surface area contributed by atoms with Gasteiger partial charge in [-0.1, -0.05) is 127 Å². The minimum Gasteiger partial charge on any atom is -0.375 e. The highest BCUT2D eigenvalue weighted by molar-refractivity contribution is 5.47. The third kappa shape index (κ3) is 6.34. The van der Waals surface area contributed by atoms with Gasteiger partial charge in [-0.15, -0.1) is 6.58 Å². The Morgan fingerprint density at radius 3 is 1.54 bits per heavy atom. The Labute approximate surface area is 208 Å². The molecule has 1 unspecified atom stereocenters. The molecule has 0 aliphatic rings. The van der Waals surface area contributed by atoms with Crippen LogP contribution in [0.1, 0.15) is 22.3 Å². The molecular formula is C32H32O3. The molecule has 0 aliphatic carbocycles. The van der Waals surface area contributed by atoms with Gasteiger partial charge < -0.3 is 14.2 Å². The molecule has 3 nitrogen and oxygen atoms in total. The van der Waals surface area contributed by atoms with Crippen molar-refractivity contribution in [2.24, 2.45) is 0 Å². The van der Waals surface area contributed by atoms with Crippen LogP contribution < -0.4 is 0 Å². The summed E-state index contributed by atoms with van der Waals surface area (Å²) in [5.74, 6) is 0. The van der Waals surface area contributed by atoms with Gasteiger partial charge in [0, 0.05) is 0 Å². The van der Waals surface area contributed by atoms with E-state index in [4.69, 9.17) is 14.2 Å². The van der Waals surface area contributed by atoms with E-state index >= 15 is 0 Å². The third-order valence-corrected chi connectivity index (χ3v) is 5.89. The van der Waals surface area contributed by atoms with Crippen molar-refractivity contribution >= 4 is 0 Å². The Morgan fingerprint density at radius 1 is 0.629 bits per heavy atom. The predicted molar refractivity (Wildman–Crippen MR) is 141 cm³/mol. The largest absolute Gasteiger partial charge is 0.375 e. The summed E-state index contributed by atoms with van der Waals surface area (Å²) in [6, 6.07) is 41.3. The van der Waals surface area contributed by atoms with Crippen LogP contribution in [-0.2, 0) is 26.4 Å². The highest BCUT2D eigenvalue weighted by Crippen LogP contribution is 2.40. The van der Waals surface area contributed by atoms with Crippen molar-refractivity contribution < 1.29 is 14.2 Å². The second kappa shape index (κ2) is 12.8. The molecule has 0 saturated carbocycles. The number of hydrogen-bond acceptors (Lipinski definition) is 3. The zero-order valence-corrected chi connectivity index (χ0v) is 20.0. The lowest BCUT2D eigenvalue weighted by Crippen LogP contribution is -2.37. The Morgan fingerprint density at radius 2 is 1.09 bits per heavy atom. The van der Waals surface area contributed by atoms with Gasteiger partial charge in [0.15, 0.2) is 0 Å². The average Bonchev–Trinajstić information content (AvgIpc) is 2.94. The van der Waals surface area contributed by atoms with Gasteiger partial charge in [0.2, 0.25) is 0 Å². The summed E-state index contributed by atoms with van der Waals surface area (Å²) in [5, 5.41) is 0. The minimum atomic E-state index is -0.795. The lowest BCUT2D eigenvalue weighted by Gasteiger charge is -2.37. The lowest BCUT2D eigenvalue weighted by molar-refractivity contribution is -0.0942. The number of benzene rings is 4. The zero-order chi connectivity index (χ0) is 24.2. The first-order chi connectivity index (χ1) is 17.3. The van der Waals surface area contributed by atoms with Crippen LogP contribution in [-0.4, -0.2) is 25.9 Å². The van der Waals surface area contributed by atoms with Gasteiger partial charge in [-0.25, -0.2) is 0 Å². The molecule has 178 valence electrons. The molecule has 0 amide bonds. The fourth-order valence-corrected chi connectivity index (χ4v) is 4.20. The molecule has 0 radical (unpaired) electrons. The molecular weight excluding hydrogens is 432 g/mol. The quantitative estimate of drug-likeness (QED) is 0.124. The van der Waals surface area contributed by atoms with Gasteiger partial charge in [0.25, 0.3) is 0 Å². The Kier molecular flexibility index (Phi) is 9.02. The lowest BCUT2D eigenvalue weighted by atomic mass is 9.80. The van der Waals surface area contributed by atoms with Crippen LogP contribution in [0.15, 0.2) is 134 Å². The molecule has 0 N–H and O–H groups in total. The van der Waals surface area contributed by atoms with Crippen molar-refractivity contribution in [2.75, 3.05) is 19.8 Å². The van der Waals surface area contributed by atoms with E-state index in [-0.39, 0.29) is 6.10 Å². The second-order valence-electron chi connectivity index (χ2n) is 8.34. The topological polar surface area (TPSA) is 27.7 Å². The molecule has 4 aromatic carbocycles. The van der Waals surface area contributed by atoms with Gasteiger partial charge in [0.1, 0.15) is 11.7 Å². The maximum atomic E-state index is 6.94. The van der Waals surface area contributed by atoms with E-state index in [9.17, 15) is 0 Å². The molecule has 0 aliphatic heterocycles.